The van der Waals surface area contributed by atoms with Crippen molar-refractivity contribution < 1.29 is 9.47 Å². The lowest BCUT2D eigenvalue weighted by Gasteiger charge is -2.13. The maximum Gasteiger partial charge on any atom is 0.174 e. The van der Waals surface area contributed by atoms with Crippen molar-refractivity contribution >= 4 is 0 Å². The summed E-state index contributed by atoms with van der Waals surface area (Å²) in [7, 11) is 0. The van der Waals surface area contributed by atoms with E-state index in [9.17, 15) is 0 Å². The molecule has 1 atom stereocenters. The maximum absolute atomic E-state index is 5.86. The molecule has 3 aromatic rings. The minimum atomic E-state index is 0.0551. The average Bonchev–Trinajstić information content (AvgIpc) is 3.13. The predicted molar refractivity (Wildman–Crippen MR) is 89.3 cm³/mol. The Bertz CT molecular complexity index is 732. The van der Waals surface area contributed by atoms with Crippen LogP contribution in [0.3, 0.4) is 0 Å². The fraction of sp³-hybridized carbons (Fsp3) is 0.278. The monoisotopic (exact) mass is 324 g/mol. The Morgan fingerprint density at radius 3 is 2.62 bits per heavy atom. The van der Waals surface area contributed by atoms with Crippen molar-refractivity contribution in [2.24, 2.45) is 0 Å². The standard InChI is InChI=1S/C18H20N4O2/c1-14(23-13-18-19-21-22-20-18)10-16-8-5-9-17(11-16)24-12-15-6-3-2-4-7-15/h2-9,11,14H,10,12-13H2,1H3,(H,19,20,21,22). The minimum Gasteiger partial charge on any atom is -0.489 e. The molecule has 1 heterocycles. The van der Waals surface area contributed by atoms with Crippen LogP contribution in [0, 0.1) is 0 Å². The number of hydrogen-bond acceptors (Lipinski definition) is 5. The van der Waals surface area contributed by atoms with Gasteiger partial charge in [-0.3, -0.25) is 0 Å². The van der Waals surface area contributed by atoms with Crippen LogP contribution in [-0.2, 0) is 24.4 Å². The minimum absolute atomic E-state index is 0.0551. The largest absolute Gasteiger partial charge is 0.489 e. The van der Waals surface area contributed by atoms with Gasteiger partial charge in [0.1, 0.15) is 19.0 Å². The smallest absolute Gasteiger partial charge is 0.174 e. The van der Waals surface area contributed by atoms with Gasteiger partial charge in [-0.15, -0.1) is 5.10 Å². The summed E-state index contributed by atoms with van der Waals surface area (Å²) in [5.41, 5.74) is 2.32. The zero-order chi connectivity index (χ0) is 16.6. The molecule has 0 radical (unpaired) electrons. The third kappa shape index (κ3) is 4.89. The van der Waals surface area contributed by atoms with Crippen LogP contribution in [0.4, 0.5) is 0 Å². The van der Waals surface area contributed by atoms with Gasteiger partial charge in [0.05, 0.1) is 6.10 Å². The van der Waals surface area contributed by atoms with Crippen molar-refractivity contribution in [3.8, 4) is 5.75 Å². The number of H-pyrrole nitrogens is 1. The highest BCUT2D eigenvalue weighted by Crippen LogP contribution is 2.17. The lowest BCUT2D eigenvalue weighted by Crippen LogP contribution is -2.12. The molecule has 24 heavy (non-hydrogen) atoms. The zero-order valence-corrected chi connectivity index (χ0v) is 13.6. The number of rotatable bonds is 8. The first kappa shape index (κ1) is 16.1. The second-order valence-electron chi connectivity index (χ2n) is 5.60. The lowest BCUT2D eigenvalue weighted by molar-refractivity contribution is 0.0493. The Balaban J connectivity index is 1.50. The van der Waals surface area contributed by atoms with E-state index in [1.807, 2.05) is 37.3 Å². The Kier molecular flexibility index (Phi) is 5.52. The molecular formula is C18H20N4O2. The zero-order valence-electron chi connectivity index (χ0n) is 13.6. The van der Waals surface area contributed by atoms with E-state index in [1.54, 1.807) is 0 Å². The molecule has 6 nitrogen and oxygen atoms in total. The van der Waals surface area contributed by atoms with Crippen molar-refractivity contribution in [3.63, 3.8) is 0 Å². The molecule has 1 N–H and O–H groups in total. The summed E-state index contributed by atoms with van der Waals surface area (Å²) in [4.78, 5) is 0. The van der Waals surface area contributed by atoms with Crippen molar-refractivity contribution in [2.75, 3.05) is 0 Å². The van der Waals surface area contributed by atoms with Crippen molar-refractivity contribution in [3.05, 3.63) is 71.5 Å². The molecule has 1 aromatic heterocycles. The van der Waals surface area contributed by atoms with Gasteiger partial charge in [-0.2, -0.15) is 0 Å². The lowest BCUT2D eigenvalue weighted by atomic mass is 10.1. The van der Waals surface area contributed by atoms with Gasteiger partial charge in [-0.25, -0.2) is 5.10 Å². The number of nitrogens with zero attached hydrogens (tertiary/aromatic N) is 3. The molecule has 3 rings (SSSR count). The summed E-state index contributed by atoms with van der Waals surface area (Å²) < 4.78 is 11.6. The highest BCUT2D eigenvalue weighted by Gasteiger charge is 2.07. The van der Waals surface area contributed by atoms with Gasteiger partial charge in [0.15, 0.2) is 5.82 Å². The van der Waals surface area contributed by atoms with Crippen LogP contribution in [0.5, 0.6) is 5.75 Å². The van der Waals surface area contributed by atoms with Gasteiger partial charge >= 0.3 is 0 Å². The van der Waals surface area contributed by atoms with Crippen molar-refractivity contribution in [2.45, 2.75) is 32.7 Å². The summed E-state index contributed by atoms with van der Waals surface area (Å²) in [6.07, 6.45) is 0.851. The molecule has 2 aromatic carbocycles. The van der Waals surface area contributed by atoms with E-state index in [-0.39, 0.29) is 6.10 Å². The van der Waals surface area contributed by atoms with Gasteiger partial charge in [0.25, 0.3) is 0 Å². The van der Waals surface area contributed by atoms with E-state index in [1.165, 1.54) is 5.56 Å². The molecule has 0 bridgehead atoms. The molecule has 0 spiro atoms. The van der Waals surface area contributed by atoms with Crippen LogP contribution in [0.1, 0.15) is 23.9 Å². The highest BCUT2D eigenvalue weighted by molar-refractivity contribution is 5.29. The Morgan fingerprint density at radius 2 is 1.83 bits per heavy atom. The summed E-state index contributed by atoms with van der Waals surface area (Å²) in [6.45, 7) is 2.97. The van der Waals surface area contributed by atoms with Gasteiger partial charge < -0.3 is 9.47 Å². The molecule has 0 saturated heterocycles. The van der Waals surface area contributed by atoms with E-state index in [4.69, 9.17) is 9.47 Å². The normalized spacial score (nSPS) is 12.0. The molecule has 0 amide bonds. The number of aromatic amines is 1. The van der Waals surface area contributed by atoms with Gasteiger partial charge in [0, 0.05) is 0 Å². The Morgan fingerprint density at radius 1 is 1.00 bits per heavy atom. The third-order valence-electron chi connectivity index (χ3n) is 3.56. The second-order valence-corrected chi connectivity index (χ2v) is 5.60. The first-order chi connectivity index (χ1) is 11.8. The summed E-state index contributed by atoms with van der Waals surface area (Å²) in [5.74, 6) is 1.49. The third-order valence-corrected chi connectivity index (χ3v) is 3.56. The van der Waals surface area contributed by atoms with Gasteiger partial charge in [-0.05, 0) is 47.0 Å². The van der Waals surface area contributed by atoms with Crippen LogP contribution in [0.25, 0.3) is 0 Å². The van der Waals surface area contributed by atoms with Crippen LogP contribution >= 0.6 is 0 Å². The SMILES string of the molecule is CC(Cc1cccc(OCc2ccccc2)c1)OCc1nnn[nH]1. The molecule has 124 valence electrons. The van der Waals surface area contributed by atoms with Crippen LogP contribution < -0.4 is 4.74 Å². The van der Waals surface area contributed by atoms with E-state index in [2.05, 4.69) is 44.9 Å². The number of hydrogen-bond donors (Lipinski definition) is 1. The second kappa shape index (κ2) is 8.21. The summed E-state index contributed by atoms with van der Waals surface area (Å²) in [5, 5.41) is 13.5. The maximum atomic E-state index is 5.86. The Labute approximate surface area is 140 Å². The molecule has 0 aliphatic rings. The fourth-order valence-corrected chi connectivity index (χ4v) is 2.36. The molecule has 0 fully saturated rings. The molecule has 0 aliphatic carbocycles. The summed E-state index contributed by atoms with van der Waals surface area (Å²) in [6, 6.07) is 18.2. The van der Waals surface area contributed by atoms with E-state index < -0.39 is 0 Å². The van der Waals surface area contributed by atoms with E-state index in [0.29, 0.717) is 19.0 Å². The van der Waals surface area contributed by atoms with E-state index in [0.717, 1.165) is 17.7 Å². The van der Waals surface area contributed by atoms with Crippen molar-refractivity contribution in [1.82, 2.24) is 20.6 Å². The predicted octanol–water partition coefficient (Wildman–Crippen LogP) is 2.93. The first-order valence-electron chi connectivity index (χ1n) is 7.89. The van der Waals surface area contributed by atoms with Crippen LogP contribution in [-0.4, -0.2) is 26.7 Å². The quantitative estimate of drug-likeness (QED) is 0.690. The number of nitrogens with one attached hydrogen (secondary N) is 1. The summed E-state index contributed by atoms with van der Waals surface area (Å²) >= 11 is 0. The van der Waals surface area contributed by atoms with E-state index >= 15 is 0 Å². The highest BCUT2D eigenvalue weighted by atomic mass is 16.5. The molecule has 6 heteroatoms. The van der Waals surface area contributed by atoms with Gasteiger partial charge in [0.2, 0.25) is 0 Å². The average molecular weight is 324 g/mol. The molecule has 0 aliphatic heterocycles. The van der Waals surface area contributed by atoms with Crippen molar-refractivity contribution in [1.29, 1.82) is 0 Å². The molecular weight excluding hydrogens is 304 g/mol. The Hall–Kier alpha value is -2.73. The van der Waals surface area contributed by atoms with Crippen LogP contribution in [0.2, 0.25) is 0 Å². The molecule has 1 unspecified atom stereocenters. The van der Waals surface area contributed by atoms with Crippen LogP contribution in [0.15, 0.2) is 54.6 Å². The topological polar surface area (TPSA) is 72.9 Å². The fourth-order valence-electron chi connectivity index (χ4n) is 2.36. The number of aromatic nitrogens is 4. The number of ether oxygens (including phenoxy) is 2. The molecule has 0 saturated carbocycles. The first-order valence-corrected chi connectivity index (χ1v) is 7.89. The number of tetrazole rings is 1. The van der Waals surface area contributed by atoms with Gasteiger partial charge in [-0.1, -0.05) is 42.5 Å². The number of benzene rings is 2.